The molecule has 4 aromatic rings. The van der Waals surface area contributed by atoms with Crippen molar-refractivity contribution >= 4 is 28.9 Å². The first-order valence-electron chi connectivity index (χ1n) is 9.47. The summed E-state index contributed by atoms with van der Waals surface area (Å²) in [7, 11) is 0. The highest BCUT2D eigenvalue weighted by atomic mass is 32.1. The summed E-state index contributed by atoms with van der Waals surface area (Å²) in [5.74, 6) is -0.173. The molecule has 1 amide bonds. The van der Waals surface area contributed by atoms with E-state index in [9.17, 15) is 25.3 Å². The van der Waals surface area contributed by atoms with Gasteiger partial charge in [-0.05, 0) is 41.3 Å². The van der Waals surface area contributed by atoms with Gasteiger partial charge in [0, 0.05) is 23.3 Å². The van der Waals surface area contributed by atoms with Crippen LogP contribution in [-0.2, 0) is 0 Å². The fourth-order valence-electron chi connectivity index (χ4n) is 3.13. The van der Waals surface area contributed by atoms with E-state index in [1.165, 1.54) is 41.7 Å². The molecule has 9 nitrogen and oxygen atoms in total. The Morgan fingerprint density at radius 3 is 2.64 bits per heavy atom. The SMILES string of the molecule is N#Cc1c(-c2cccc([N+](=O)[O-])c2)cc(-c2ccccc2O)nc1NC(=O)Oc1cccs1. The van der Waals surface area contributed by atoms with Gasteiger partial charge in [0.25, 0.3) is 5.69 Å². The van der Waals surface area contributed by atoms with Gasteiger partial charge in [-0.1, -0.05) is 24.3 Å². The van der Waals surface area contributed by atoms with E-state index in [1.54, 1.807) is 41.8 Å². The van der Waals surface area contributed by atoms with Gasteiger partial charge in [0.15, 0.2) is 10.9 Å². The molecule has 4 rings (SSSR count). The number of ether oxygens (including phenoxy) is 1. The Morgan fingerprint density at radius 1 is 1.12 bits per heavy atom. The molecule has 33 heavy (non-hydrogen) atoms. The molecule has 0 aliphatic heterocycles. The molecule has 2 aromatic heterocycles. The van der Waals surface area contributed by atoms with E-state index in [-0.39, 0.29) is 28.5 Å². The van der Waals surface area contributed by atoms with Crippen LogP contribution in [-0.4, -0.2) is 21.1 Å². The number of nitrogens with zero attached hydrogens (tertiary/aromatic N) is 3. The van der Waals surface area contributed by atoms with Crippen molar-refractivity contribution in [3.8, 4) is 39.3 Å². The lowest BCUT2D eigenvalue weighted by Crippen LogP contribution is -2.18. The number of hydrogen-bond acceptors (Lipinski definition) is 8. The van der Waals surface area contributed by atoms with Crippen LogP contribution in [0.4, 0.5) is 16.3 Å². The molecule has 0 saturated carbocycles. The summed E-state index contributed by atoms with van der Waals surface area (Å²) in [6.07, 6.45) is -0.860. The first-order chi connectivity index (χ1) is 16.0. The van der Waals surface area contributed by atoms with E-state index in [1.807, 2.05) is 6.07 Å². The third-order valence-electron chi connectivity index (χ3n) is 4.59. The minimum atomic E-state index is -0.860. The van der Waals surface area contributed by atoms with E-state index in [2.05, 4.69) is 10.3 Å². The molecule has 0 fully saturated rings. The van der Waals surface area contributed by atoms with E-state index in [4.69, 9.17) is 4.74 Å². The number of rotatable bonds is 5. The van der Waals surface area contributed by atoms with Gasteiger partial charge in [0.05, 0.1) is 10.6 Å². The minimum Gasteiger partial charge on any atom is -0.507 e. The van der Waals surface area contributed by atoms with Gasteiger partial charge in [0.1, 0.15) is 17.4 Å². The average molecular weight is 458 g/mol. The molecule has 0 atom stereocenters. The van der Waals surface area contributed by atoms with Crippen LogP contribution in [0.5, 0.6) is 10.8 Å². The average Bonchev–Trinajstić information content (AvgIpc) is 3.32. The summed E-state index contributed by atoms with van der Waals surface area (Å²) < 4.78 is 5.20. The summed E-state index contributed by atoms with van der Waals surface area (Å²) in [6.45, 7) is 0. The van der Waals surface area contributed by atoms with Gasteiger partial charge in [0.2, 0.25) is 0 Å². The Hall–Kier alpha value is -4.75. The van der Waals surface area contributed by atoms with Gasteiger partial charge in [-0.25, -0.2) is 9.78 Å². The largest absolute Gasteiger partial charge is 0.507 e. The lowest BCUT2D eigenvalue weighted by atomic mass is 9.97. The van der Waals surface area contributed by atoms with Crippen LogP contribution in [0.3, 0.4) is 0 Å². The van der Waals surface area contributed by atoms with Gasteiger partial charge < -0.3 is 9.84 Å². The molecule has 162 valence electrons. The summed E-state index contributed by atoms with van der Waals surface area (Å²) in [5.41, 5.74) is 1.08. The van der Waals surface area contributed by atoms with Crippen LogP contribution in [0.25, 0.3) is 22.4 Å². The molecule has 10 heteroatoms. The Morgan fingerprint density at radius 2 is 1.94 bits per heavy atom. The maximum atomic E-state index is 12.4. The predicted molar refractivity (Wildman–Crippen MR) is 122 cm³/mol. The standard InChI is InChI=1S/C23H14N4O5S/c24-13-18-17(14-5-3-6-15(11-14)27(30)31)12-19(16-7-1-2-8-20(16)28)25-22(18)26-23(29)32-21-9-4-10-33-21/h1-12,28H,(H,25,26,29). The van der Waals surface area contributed by atoms with Crippen LogP contribution in [0, 0.1) is 21.4 Å². The Labute approximate surface area is 191 Å². The number of carbonyl (C=O) groups is 1. The fraction of sp³-hybridized carbons (Fsp3) is 0. The van der Waals surface area contributed by atoms with Crippen LogP contribution in [0.1, 0.15) is 5.56 Å². The lowest BCUT2D eigenvalue weighted by molar-refractivity contribution is -0.384. The van der Waals surface area contributed by atoms with Crippen molar-refractivity contribution in [2.24, 2.45) is 0 Å². The zero-order valence-corrected chi connectivity index (χ0v) is 17.6. The number of aromatic nitrogens is 1. The van der Waals surface area contributed by atoms with Crippen LogP contribution >= 0.6 is 11.3 Å². The number of anilines is 1. The number of carbonyl (C=O) groups excluding carboxylic acids is 1. The van der Waals surface area contributed by atoms with Gasteiger partial charge in [-0.2, -0.15) is 5.26 Å². The molecule has 0 radical (unpaired) electrons. The number of non-ortho nitro benzene ring substituents is 1. The molecular formula is C23H14N4O5S. The van der Waals surface area contributed by atoms with Crippen LogP contribution in [0.2, 0.25) is 0 Å². The second-order valence-electron chi connectivity index (χ2n) is 6.66. The molecule has 2 N–H and O–H groups in total. The zero-order valence-electron chi connectivity index (χ0n) is 16.8. The quantitative estimate of drug-likeness (QED) is 0.294. The van der Waals surface area contributed by atoms with E-state index < -0.39 is 11.0 Å². The number of nitro groups is 1. The van der Waals surface area contributed by atoms with Crippen molar-refractivity contribution in [2.45, 2.75) is 0 Å². The van der Waals surface area contributed by atoms with Crippen LogP contribution in [0.15, 0.2) is 72.1 Å². The number of pyridine rings is 1. The van der Waals surface area contributed by atoms with Crippen molar-refractivity contribution in [1.29, 1.82) is 5.26 Å². The summed E-state index contributed by atoms with van der Waals surface area (Å²) in [6, 6.07) is 19.0. The third kappa shape index (κ3) is 4.63. The number of para-hydroxylation sites is 1. The van der Waals surface area contributed by atoms with Gasteiger partial charge in [-0.3, -0.25) is 15.4 Å². The van der Waals surface area contributed by atoms with E-state index in [0.717, 1.165) is 0 Å². The highest BCUT2D eigenvalue weighted by Crippen LogP contribution is 2.36. The first-order valence-corrected chi connectivity index (χ1v) is 10.3. The molecule has 0 bridgehead atoms. The molecular weight excluding hydrogens is 444 g/mol. The third-order valence-corrected chi connectivity index (χ3v) is 5.33. The fourth-order valence-corrected chi connectivity index (χ4v) is 3.70. The normalized spacial score (nSPS) is 10.3. The Balaban J connectivity index is 1.87. The number of phenols is 1. The molecule has 0 spiro atoms. The highest BCUT2D eigenvalue weighted by Gasteiger charge is 2.20. The number of phenolic OH excluding ortho intramolecular Hbond substituents is 1. The molecule has 0 aliphatic rings. The molecule has 2 aromatic carbocycles. The Bertz CT molecular complexity index is 1400. The van der Waals surface area contributed by atoms with Crippen molar-refractivity contribution in [3.63, 3.8) is 0 Å². The number of nitro benzene ring substituents is 1. The topological polar surface area (TPSA) is 138 Å². The van der Waals surface area contributed by atoms with Crippen molar-refractivity contribution in [3.05, 3.63) is 87.8 Å². The summed E-state index contributed by atoms with van der Waals surface area (Å²) in [5, 5.41) is 36.0. The van der Waals surface area contributed by atoms with Crippen molar-refractivity contribution in [1.82, 2.24) is 4.98 Å². The second kappa shape index (κ2) is 9.17. The highest BCUT2D eigenvalue weighted by molar-refractivity contribution is 7.11. The molecule has 0 saturated heterocycles. The number of aromatic hydroxyl groups is 1. The number of benzene rings is 2. The smallest absolute Gasteiger partial charge is 0.419 e. The minimum absolute atomic E-state index is 0.0159. The second-order valence-corrected chi connectivity index (χ2v) is 7.57. The maximum absolute atomic E-state index is 12.4. The molecule has 2 heterocycles. The van der Waals surface area contributed by atoms with Gasteiger partial charge in [-0.15, -0.1) is 11.3 Å². The summed E-state index contributed by atoms with van der Waals surface area (Å²) >= 11 is 1.21. The van der Waals surface area contributed by atoms with E-state index >= 15 is 0 Å². The Kier molecular flexibility index (Phi) is 5.97. The number of hydrogen-bond donors (Lipinski definition) is 2. The number of thiophene rings is 1. The number of nitriles is 1. The predicted octanol–water partition coefficient (Wildman–Crippen LogP) is 5.57. The lowest BCUT2D eigenvalue weighted by Gasteiger charge is -2.14. The zero-order chi connectivity index (χ0) is 23.4. The maximum Gasteiger partial charge on any atom is 0.419 e. The van der Waals surface area contributed by atoms with Crippen molar-refractivity contribution in [2.75, 3.05) is 5.32 Å². The molecule has 0 unspecified atom stereocenters. The number of amides is 1. The van der Waals surface area contributed by atoms with Crippen molar-refractivity contribution < 1.29 is 19.6 Å². The van der Waals surface area contributed by atoms with Gasteiger partial charge >= 0.3 is 6.09 Å². The monoisotopic (exact) mass is 458 g/mol. The summed E-state index contributed by atoms with van der Waals surface area (Å²) in [4.78, 5) is 27.5. The van der Waals surface area contributed by atoms with Crippen LogP contribution < -0.4 is 10.1 Å². The number of nitrogens with one attached hydrogen (secondary N) is 1. The first kappa shape index (κ1) is 21.5. The van der Waals surface area contributed by atoms with E-state index in [0.29, 0.717) is 21.8 Å². The molecule has 0 aliphatic carbocycles.